The topological polar surface area (TPSA) is 50.7 Å². The van der Waals surface area contributed by atoms with Crippen LogP contribution in [-0.2, 0) is 6.54 Å². The first-order chi connectivity index (χ1) is 11.0. The number of halogens is 2. The molecule has 0 saturated heterocycles. The Balaban J connectivity index is 1.98. The lowest BCUT2D eigenvalue weighted by atomic mass is 10.1. The van der Waals surface area contributed by atoms with Crippen molar-refractivity contribution in [2.24, 2.45) is 0 Å². The summed E-state index contributed by atoms with van der Waals surface area (Å²) in [7, 11) is 3.11. The molecule has 2 aromatic rings. The quantitative estimate of drug-likeness (QED) is 0.812. The summed E-state index contributed by atoms with van der Waals surface area (Å²) < 4.78 is 23.4. The summed E-state index contributed by atoms with van der Waals surface area (Å²) >= 11 is 5.97. The maximum Gasteiger partial charge on any atom is 0.124 e. The fourth-order valence-electron chi connectivity index (χ4n) is 2.15. The van der Waals surface area contributed by atoms with E-state index in [1.54, 1.807) is 38.5 Å². The molecule has 0 amide bonds. The Morgan fingerprint density at radius 2 is 1.78 bits per heavy atom. The number of hydrogen-bond donors (Lipinski definition) is 2. The van der Waals surface area contributed by atoms with Crippen LogP contribution in [0.2, 0.25) is 5.02 Å². The molecular formula is C17H19ClFNO3. The molecule has 0 bridgehead atoms. The third kappa shape index (κ3) is 4.82. The number of aliphatic hydroxyl groups is 1. The van der Waals surface area contributed by atoms with Gasteiger partial charge in [0, 0.05) is 24.2 Å². The minimum atomic E-state index is -0.738. The number of ether oxygens (including phenoxy) is 2. The Morgan fingerprint density at radius 1 is 1.13 bits per heavy atom. The lowest BCUT2D eigenvalue weighted by Gasteiger charge is -2.15. The van der Waals surface area contributed by atoms with Crippen LogP contribution >= 0.6 is 11.6 Å². The smallest absolute Gasteiger partial charge is 0.124 e. The second-order valence-electron chi connectivity index (χ2n) is 5.03. The summed E-state index contributed by atoms with van der Waals surface area (Å²) in [6.45, 7) is 0.737. The number of aliphatic hydroxyl groups excluding tert-OH is 1. The zero-order valence-corrected chi connectivity index (χ0v) is 13.7. The van der Waals surface area contributed by atoms with Gasteiger partial charge in [-0.25, -0.2) is 4.39 Å². The van der Waals surface area contributed by atoms with E-state index in [4.69, 9.17) is 21.1 Å². The van der Waals surface area contributed by atoms with Crippen LogP contribution in [0.15, 0.2) is 36.4 Å². The maximum absolute atomic E-state index is 13.0. The number of benzene rings is 2. The van der Waals surface area contributed by atoms with E-state index in [1.165, 1.54) is 12.1 Å². The van der Waals surface area contributed by atoms with E-state index in [2.05, 4.69) is 5.32 Å². The fourth-order valence-corrected chi connectivity index (χ4v) is 2.38. The van der Waals surface area contributed by atoms with Crippen LogP contribution in [0.25, 0.3) is 0 Å². The van der Waals surface area contributed by atoms with Crippen LogP contribution in [0.4, 0.5) is 4.39 Å². The molecule has 0 radical (unpaired) electrons. The largest absolute Gasteiger partial charge is 0.497 e. The normalized spacial score (nSPS) is 12.0. The number of hydrogen-bond acceptors (Lipinski definition) is 4. The Hall–Kier alpha value is -1.82. The van der Waals surface area contributed by atoms with Crippen LogP contribution in [0, 0.1) is 5.82 Å². The summed E-state index contributed by atoms with van der Waals surface area (Å²) in [5.41, 5.74) is 1.45. The van der Waals surface area contributed by atoms with E-state index >= 15 is 0 Å². The molecule has 2 N–H and O–H groups in total. The molecule has 23 heavy (non-hydrogen) atoms. The molecular weight excluding hydrogens is 321 g/mol. The first-order valence-electron chi connectivity index (χ1n) is 7.09. The monoisotopic (exact) mass is 339 g/mol. The second-order valence-corrected chi connectivity index (χ2v) is 5.44. The van der Waals surface area contributed by atoms with Gasteiger partial charge in [-0.2, -0.15) is 0 Å². The van der Waals surface area contributed by atoms with E-state index < -0.39 is 6.10 Å². The lowest BCUT2D eigenvalue weighted by molar-refractivity contribution is 0.173. The van der Waals surface area contributed by atoms with Crippen molar-refractivity contribution >= 4 is 11.6 Å². The van der Waals surface area contributed by atoms with Crippen molar-refractivity contribution in [3.05, 3.63) is 58.4 Å². The molecule has 2 rings (SSSR count). The van der Waals surface area contributed by atoms with Gasteiger partial charge in [0.15, 0.2) is 0 Å². The van der Waals surface area contributed by atoms with E-state index in [1.807, 2.05) is 0 Å². The highest BCUT2D eigenvalue weighted by Gasteiger charge is 2.11. The zero-order valence-electron chi connectivity index (χ0n) is 13.0. The van der Waals surface area contributed by atoms with E-state index in [9.17, 15) is 9.50 Å². The van der Waals surface area contributed by atoms with E-state index in [0.29, 0.717) is 35.2 Å². The van der Waals surface area contributed by atoms with Gasteiger partial charge >= 0.3 is 0 Å². The molecule has 0 aliphatic rings. The highest BCUT2D eigenvalue weighted by atomic mass is 35.5. The average molecular weight is 340 g/mol. The van der Waals surface area contributed by atoms with Crippen LogP contribution in [-0.4, -0.2) is 25.9 Å². The minimum Gasteiger partial charge on any atom is -0.497 e. The molecule has 1 unspecified atom stereocenters. The Bertz CT molecular complexity index is 644. The van der Waals surface area contributed by atoms with E-state index in [-0.39, 0.29) is 5.82 Å². The molecule has 6 heteroatoms. The number of rotatable bonds is 7. The molecule has 0 saturated carbocycles. The summed E-state index contributed by atoms with van der Waals surface area (Å²) in [6, 6.07) is 9.47. The van der Waals surface area contributed by atoms with Gasteiger partial charge in [-0.05, 0) is 35.4 Å². The van der Waals surface area contributed by atoms with Crippen molar-refractivity contribution < 1.29 is 19.0 Å². The van der Waals surface area contributed by atoms with Gasteiger partial charge in [0.2, 0.25) is 0 Å². The third-order valence-electron chi connectivity index (χ3n) is 3.43. The molecule has 4 nitrogen and oxygen atoms in total. The first-order valence-corrected chi connectivity index (χ1v) is 7.47. The average Bonchev–Trinajstić information content (AvgIpc) is 2.56. The van der Waals surface area contributed by atoms with Crippen LogP contribution < -0.4 is 14.8 Å². The molecule has 0 aromatic heterocycles. The predicted molar refractivity (Wildman–Crippen MR) is 87.6 cm³/mol. The molecule has 124 valence electrons. The van der Waals surface area contributed by atoms with Crippen molar-refractivity contribution in [1.82, 2.24) is 5.32 Å². The highest BCUT2D eigenvalue weighted by Crippen LogP contribution is 2.26. The van der Waals surface area contributed by atoms with Crippen molar-refractivity contribution in [2.75, 3.05) is 20.8 Å². The second kappa shape index (κ2) is 8.15. The Morgan fingerprint density at radius 3 is 2.35 bits per heavy atom. The van der Waals surface area contributed by atoms with Gasteiger partial charge in [0.05, 0.1) is 20.3 Å². The van der Waals surface area contributed by atoms with Gasteiger partial charge in [-0.15, -0.1) is 0 Å². The number of methoxy groups -OCH3 is 2. The molecule has 0 heterocycles. The SMILES string of the molecule is COc1cc(OC)cc(C(O)CNCc2ccc(F)cc2Cl)c1. The first kappa shape index (κ1) is 17.5. The van der Waals surface area contributed by atoms with Gasteiger partial charge in [0.25, 0.3) is 0 Å². The van der Waals surface area contributed by atoms with Crippen LogP contribution in [0.5, 0.6) is 11.5 Å². The summed E-state index contributed by atoms with van der Waals surface area (Å²) in [5.74, 6) is 0.849. The minimum absolute atomic E-state index is 0.310. The lowest BCUT2D eigenvalue weighted by Crippen LogP contribution is -2.21. The summed E-state index contributed by atoms with van der Waals surface area (Å²) in [5, 5.41) is 13.7. The van der Waals surface area contributed by atoms with Crippen molar-refractivity contribution in [3.8, 4) is 11.5 Å². The standard InChI is InChI=1S/C17H19ClFNO3/c1-22-14-5-12(6-15(8-14)23-2)17(21)10-20-9-11-3-4-13(19)7-16(11)18/h3-8,17,20-21H,9-10H2,1-2H3. The van der Waals surface area contributed by atoms with E-state index in [0.717, 1.165) is 5.56 Å². The molecule has 0 aliphatic heterocycles. The van der Waals surface area contributed by atoms with Crippen molar-refractivity contribution in [2.45, 2.75) is 12.6 Å². The van der Waals surface area contributed by atoms with Crippen molar-refractivity contribution in [1.29, 1.82) is 0 Å². The van der Waals surface area contributed by atoms with Crippen LogP contribution in [0.1, 0.15) is 17.2 Å². The zero-order chi connectivity index (χ0) is 16.8. The van der Waals surface area contributed by atoms with Gasteiger partial charge in [-0.1, -0.05) is 17.7 Å². The maximum atomic E-state index is 13.0. The summed E-state index contributed by atoms with van der Waals surface area (Å²) in [4.78, 5) is 0. The Labute approximate surface area is 139 Å². The van der Waals surface area contributed by atoms with Gasteiger partial charge in [0.1, 0.15) is 17.3 Å². The van der Waals surface area contributed by atoms with Crippen LogP contribution in [0.3, 0.4) is 0 Å². The number of nitrogens with one attached hydrogen (secondary N) is 1. The van der Waals surface area contributed by atoms with Gasteiger partial charge in [-0.3, -0.25) is 0 Å². The molecule has 2 aromatic carbocycles. The summed E-state index contributed by atoms with van der Waals surface area (Å²) in [6.07, 6.45) is -0.738. The highest BCUT2D eigenvalue weighted by molar-refractivity contribution is 6.31. The third-order valence-corrected chi connectivity index (χ3v) is 3.78. The molecule has 0 spiro atoms. The van der Waals surface area contributed by atoms with Gasteiger partial charge < -0.3 is 19.9 Å². The molecule has 1 atom stereocenters. The predicted octanol–water partition coefficient (Wildman–Crippen LogP) is 3.32. The fraction of sp³-hybridized carbons (Fsp3) is 0.294. The Kier molecular flexibility index (Phi) is 6.21. The van der Waals surface area contributed by atoms with Crippen molar-refractivity contribution in [3.63, 3.8) is 0 Å². The molecule has 0 aliphatic carbocycles. The molecule has 0 fully saturated rings.